The predicted molar refractivity (Wildman–Crippen MR) is 85.0 cm³/mol. The van der Waals surface area contributed by atoms with Gasteiger partial charge in [0.05, 0.1) is 11.0 Å². The van der Waals surface area contributed by atoms with Gasteiger partial charge in [-0.25, -0.2) is 4.98 Å². The summed E-state index contributed by atoms with van der Waals surface area (Å²) in [6, 6.07) is 10.1. The van der Waals surface area contributed by atoms with Gasteiger partial charge in [0.15, 0.2) is 11.5 Å². The third kappa shape index (κ3) is 2.17. The van der Waals surface area contributed by atoms with Crippen LogP contribution in [0.2, 0.25) is 0 Å². The molecule has 0 amide bonds. The van der Waals surface area contributed by atoms with Crippen molar-refractivity contribution in [2.24, 2.45) is 0 Å². The van der Waals surface area contributed by atoms with Crippen molar-refractivity contribution in [1.82, 2.24) is 9.97 Å². The van der Waals surface area contributed by atoms with Gasteiger partial charge in [0, 0.05) is 22.2 Å². The number of ether oxygens (including phenoxy) is 2. The Bertz CT molecular complexity index is 799. The van der Waals surface area contributed by atoms with E-state index in [4.69, 9.17) is 9.47 Å². The molecular weight excluding hydrogens is 332 g/mol. The molecule has 106 valence electrons. The van der Waals surface area contributed by atoms with Gasteiger partial charge < -0.3 is 14.5 Å². The number of H-pyrrole nitrogens is 1. The normalized spacial score (nSPS) is 13.6. The molecule has 1 aliphatic heterocycles. The fourth-order valence-corrected chi connectivity index (χ4v) is 2.88. The zero-order valence-electron chi connectivity index (χ0n) is 11.4. The number of nitrogens with one attached hydrogen (secondary N) is 1. The van der Waals surface area contributed by atoms with E-state index in [1.807, 2.05) is 18.2 Å². The molecule has 0 spiro atoms. The molecule has 0 unspecified atom stereocenters. The van der Waals surface area contributed by atoms with Crippen LogP contribution in [0.25, 0.3) is 22.4 Å². The maximum absolute atomic E-state index is 5.61. The van der Waals surface area contributed by atoms with Crippen LogP contribution in [-0.2, 0) is 0 Å². The lowest BCUT2D eigenvalue weighted by Gasteiger charge is -2.17. The number of benzene rings is 2. The van der Waals surface area contributed by atoms with Crippen LogP contribution >= 0.6 is 15.9 Å². The molecule has 3 aromatic rings. The first-order chi connectivity index (χ1) is 10.2. The van der Waals surface area contributed by atoms with Crippen molar-refractivity contribution in [3.63, 3.8) is 0 Å². The van der Waals surface area contributed by atoms with E-state index in [0.29, 0.717) is 13.2 Å². The average Bonchev–Trinajstić information content (AvgIpc) is 2.89. The van der Waals surface area contributed by atoms with Gasteiger partial charge >= 0.3 is 0 Å². The molecule has 0 fully saturated rings. The number of rotatable bonds is 1. The maximum Gasteiger partial charge on any atom is 0.163 e. The zero-order chi connectivity index (χ0) is 14.4. The van der Waals surface area contributed by atoms with E-state index >= 15 is 0 Å². The Balaban J connectivity index is 1.88. The van der Waals surface area contributed by atoms with E-state index < -0.39 is 0 Å². The highest BCUT2D eigenvalue weighted by Crippen LogP contribution is 2.35. The van der Waals surface area contributed by atoms with Crippen molar-refractivity contribution in [2.75, 3.05) is 13.2 Å². The van der Waals surface area contributed by atoms with Crippen molar-refractivity contribution in [2.45, 2.75) is 6.92 Å². The summed E-state index contributed by atoms with van der Waals surface area (Å²) in [4.78, 5) is 8.04. The molecule has 0 saturated heterocycles. The second-order valence-corrected chi connectivity index (χ2v) is 5.97. The van der Waals surface area contributed by atoms with Crippen molar-refractivity contribution < 1.29 is 9.47 Å². The third-order valence-corrected chi connectivity index (χ3v) is 4.09. The molecule has 4 nitrogen and oxygen atoms in total. The first-order valence-electron chi connectivity index (χ1n) is 6.76. The smallest absolute Gasteiger partial charge is 0.163 e. The monoisotopic (exact) mass is 344 g/mol. The van der Waals surface area contributed by atoms with Gasteiger partial charge in [0.25, 0.3) is 0 Å². The molecule has 1 N–H and O–H groups in total. The first-order valence-corrected chi connectivity index (χ1v) is 7.56. The van der Waals surface area contributed by atoms with E-state index in [-0.39, 0.29) is 0 Å². The fourth-order valence-electron chi connectivity index (χ4n) is 2.52. The highest BCUT2D eigenvalue weighted by atomic mass is 79.9. The van der Waals surface area contributed by atoms with Gasteiger partial charge in [-0.2, -0.15) is 0 Å². The topological polar surface area (TPSA) is 47.1 Å². The molecule has 2 heterocycles. The Kier molecular flexibility index (Phi) is 2.89. The van der Waals surface area contributed by atoms with E-state index in [9.17, 15) is 0 Å². The number of hydrogen-bond donors (Lipinski definition) is 1. The van der Waals surface area contributed by atoms with Gasteiger partial charge in [-0.1, -0.05) is 22.0 Å². The lowest BCUT2D eigenvalue weighted by molar-refractivity contribution is 0.172. The number of imidazole rings is 1. The summed E-state index contributed by atoms with van der Waals surface area (Å²) in [5.41, 5.74) is 4.09. The molecule has 1 aromatic heterocycles. The lowest BCUT2D eigenvalue weighted by Crippen LogP contribution is -2.15. The van der Waals surface area contributed by atoms with Gasteiger partial charge in [0.1, 0.15) is 19.0 Å². The van der Waals surface area contributed by atoms with Gasteiger partial charge in [-0.15, -0.1) is 0 Å². The molecule has 21 heavy (non-hydrogen) atoms. The van der Waals surface area contributed by atoms with Gasteiger partial charge in [0.2, 0.25) is 0 Å². The molecule has 4 rings (SSSR count). The minimum atomic E-state index is 0.584. The van der Waals surface area contributed by atoms with E-state index in [2.05, 4.69) is 45.0 Å². The summed E-state index contributed by atoms with van der Waals surface area (Å²) in [7, 11) is 0. The standard InChI is InChI=1S/C16H13BrN2O2/c1-9-2-3-10(17)6-11(9)16-18-12-7-14-15(8-13(12)19-16)21-5-4-20-14/h2-3,6-8H,4-5H2,1H3,(H,18,19). The Morgan fingerprint density at radius 3 is 2.67 bits per heavy atom. The Morgan fingerprint density at radius 1 is 1.10 bits per heavy atom. The average molecular weight is 345 g/mol. The van der Waals surface area contributed by atoms with Crippen molar-refractivity contribution in [3.05, 3.63) is 40.4 Å². The van der Waals surface area contributed by atoms with Crippen molar-refractivity contribution in [3.8, 4) is 22.9 Å². The second-order valence-electron chi connectivity index (χ2n) is 5.06. The van der Waals surface area contributed by atoms with Crippen LogP contribution in [0, 0.1) is 6.92 Å². The number of halogens is 1. The van der Waals surface area contributed by atoms with E-state index in [0.717, 1.165) is 38.4 Å². The molecule has 0 atom stereocenters. The van der Waals surface area contributed by atoms with Gasteiger partial charge in [-0.05, 0) is 24.6 Å². The van der Waals surface area contributed by atoms with Gasteiger partial charge in [-0.3, -0.25) is 0 Å². The number of aromatic amines is 1. The largest absolute Gasteiger partial charge is 0.486 e. The van der Waals surface area contributed by atoms with E-state index in [1.165, 1.54) is 5.56 Å². The second kappa shape index (κ2) is 4.77. The SMILES string of the molecule is Cc1ccc(Br)cc1-c1nc2cc3c(cc2[nH]1)OCCO3. The number of aryl methyl sites for hydroxylation is 1. The van der Waals surface area contributed by atoms with Crippen LogP contribution < -0.4 is 9.47 Å². The molecule has 1 aliphatic rings. The predicted octanol–water partition coefficient (Wildman–Crippen LogP) is 4.07. The van der Waals surface area contributed by atoms with Crippen molar-refractivity contribution >= 4 is 27.0 Å². The summed E-state index contributed by atoms with van der Waals surface area (Å²) >= 11 is 3.51. The van der Waals surface area contributed by atoms with Crippen LogP contribution in [0.4, 0.5) is 0 Å². The van der Waals surface area contributed by atoms with Crippen LogP contribution in [0.1, 0.15) is 5.56 Å². The maximum atomic E-state index is 5.61. The summed E-state index contributed by atoms with van der Waals surface area (Å²) in [6.07, 6.45) is 0. The fraction of sp³-hybridized carbons (Fsp3) is 0.188. The Morgan fingerprint density at radius 2 is 1.86 bits per heavy atom. The Hall–Kier alpha value is -2.01. The summed E-state index contributed by atoms with van der Waals surface area (Å²) in [5.74, 6) is 2.39. The molecule has 0 saturated carbocycles. The quantitative estimate of drug-likeness (QED) is 0.723. The summed E-state index contributed by atoms with van der Waals surface area (Å²) in [6.45, 7) is 3.25. The summed E-state index contributed by atoms with van der Waals surface area (Å²) < 4.78 is 12.2. The highest BCUT2D eigenvalue weighted by molar-refractivity contribution is 9.10. The minimum Gasteiger partial charge on any atom is -0.486 e. The Labute approximate surface area is 130 Å². The number of nitrogens with zero attached hydrogens (tertiary/aromatic N) is 1. The highest BCUT2D eigenvalue weighted by Gasteiger charge is 2.16. The minimum absolute atomic E-state index is 0.584. The number of aromatic nitrogens is 2. The molecule has 0 radical (unpaired) electrons. The number of fused-ring (bicyclic) bond motifs is 2. The first kappa shape index (κ1) is 12.7. The zero-order valence-corrected chi connectivity index (χ0v) is 13.0. The molecular formula is C16H13BrN2O2. The van der Waals surface area contributed by atoms with Crippen LogP contribution in [0.5, 0.6) is 11.5 Å². The molecule has 5 heteroatoms. The third-order valence-electron chi connectivity index (χ3n) is 3.60. The molecule has 0 aliphatic carbocycles. The number of hydrogen-bond acceptors (Lipinski definition) is 3. The van der Waals surface area contributed by atoms with Crippen LogP contribution in [0.15, 0.2) is 34.8 Å². The molecule has 0 bridgehead atoms. The van der Waals surface area contributed by atoms with Crippen LogP contribution in [0.3, 0.4) is 0 Å². The van der Waals surface area contributed by atoms with Crippen LogP contribution in [-0.4, -0.2) is 23.2 Å². The van der Waals surface area contributed by atoms with Crippen molar-refractivity contribution in [1.29, 1.82) is 0 Å². The summed E-state index contributed by atoms with van der Waals surface area (Å²) in [5, 5.41) is 0. The lowest BCUT2D eigenvalue weighted by atomic mass is 10.1. The molecule has 2 aromatic carbocycles. The van der Waals surface area contributed by atoms with E-state index in [1.54, 1.807) is 0 Å².